The Morgan fingerprint density at radius 2 is 1.78 bits per heavy atom. The summed E-state index contributed by atoms with van der Waals surface area (Å²) in [4.78, 5) is 14.2. The van der Waals surface area contributed by atoms with Crippen molar-refractivity contribution in [1.29, 1.82) is 4.78 Å². The van der Waals surface area contributed by atoms with E-state index in [0.29, 0.717) is 30.5 Å². The summed E-state index contributed by atoms with van der Waals surface area (Å²) in [5.41, 5.74) is -2.96. The fraction of sp³-hybridized carbons (Fsp3) is 0.519. The van der Waals surface area contributed by atoms with Crippen molar-refractivity contribution in [3.63, 3.8) is 0 Å². The molecule has 14 heteroatoms. The minimum Gasteiger partial charge on any atom is -0.490 e. The molecule has 2 aliphatic carbocycles. The number of alkyl halides is 4. The average molecular weight is 624 g/mol. The first-order chi connectivity index (χ1) is 19.1. The van der Waals surface area contributed by atoms with E-state index >= 15 is 4.39 Å². The molecule has 5 rings (SSSR count). The van der Waals surface area contributed by atoms with Crippen molar-refractivity contribution >= 4 is 27.4 Å². The van der Waals surface area contributed by atoms with Crippen LogP contribution in [0, 0.1) is 16.4 Å². The number of carbonyl (C=O) groups is 1. The smallest absolute Gasteiger partial charge is 0.416 e. The summed E-state index contributed by atoms with van der Waals surface area (Å²) in [7, 11) is -3.38. The van der Waals surface area contributed by atoms with E-state index in [-0.39, 0.29) is 55.3 Å². The minimum absolute atomic E-state index is 0.00692. The molecular weight excluding hydrogens is 596 g/mol. The molecule has 3 fully saturated rings. The van der Waals surface area contributed by atoms with Crippen LogP contribution in [0.5, 0.6) is 5.75 Å². The Morgan fingerprint density at radius 1 is 1.12 bits per heavy atom. The Kier molecular flexibility index (Phi) is 8.01. The number of benzene rings is 2. The molecule has 2 aromatic rings. The molecule has 0 radical (unpaired) electrons. The highest BCUT2D eigenvalue weighted by molar-refractivity contribution is 7.92. The monoisotopic (exact) mass is 623 g/mol. The molecule has 1 heterocycles. The van der Waals surface area contributed by atoms with Crippen molar-refractivity contribution in [2.24, 2.45) is 0 Å². The lowest BCUT2D eigenvalue weighted by atomic mass is 9.93. The zero-order valence-electron chi connectivity index (χ0n) is 21.8. The van der Waals surface area contributed by atoms with Crippen molar-refractivity contribution < 1.29 is 40.1 Å². The van der Waals surface area contributed by atoms with Crippen molar-refractivity contribution in [1.82, 2.24) is 9.62 Å². The third kappa shape index (κ3) is 6.94. The Labute approximate surface area is 238 Å². The predicted molar refractivity (Wildman–Crippen MR) is 140 cm³/mol. The van der Waals surface area contributed by atoms with Crippen molar-refractivity contribution in [3.8, 4) is 5.75 Å². The topological polar surface area (TPSA) is 82.5 Å². The molecule has 0 spiro atoms. The maximum Gasteiger partial charge on any atom is 0.416 e. The van der Waals surface area contributed by atoms with Crippen molar-refractivity contribution in [2.75, 3.05) is 19.7 Å². The van der Waals surface area contributed by atoms with Crippen LogP contribution in [0.25, 0.3) is 0 Å². The summed E-state index contributed by atoms with van der Waals surface area (Å²) < 4.78 is 112. The van der Waals surface area contributed by atoms with Crippen molar-refractivity contribution in [2.45, 2.75) is 68.1 Å². The fourth-order valence-electron chi connectivity index (χ4n) is 4.89. The van der Waals surface area contributed by atoms with Gasteiger partial charge in [0.1, 0.15) is 39.6 Å². The van der Waals surface area contributed by atoms with E-state index in [2.05, 4.69) is 4.72 Å². The summed E-state index contributed by atoms with van der Waals surface area (Å²) in [5.74, 6) is -2.76. The van der Waals surface area contributed by atoms with Crippen LogP contribution < -0.4 is 9.46 Å². The van der Waals surface area contributed by atoms with Gasteiger partial charge in [0.15, 0.2) is 0 Å². The number of piperidine rings is 1. The summed E-state index contributed by atoms with van der Waals surface area (Å²) >= 11 is 5.67. The molecule has 0 aromatic heterocycles. The number of amides is 1. The highest BCUT2D eigenvalue weighted by Gasteiger charge is 2.39. The molecule has 1 atom stereocenters. The van der Waals surface area contributed by atoms with Gasteiger partial charge in [0.2, 0.25) is 0 Å². The van der Waals surface area contributed by atoms with Gasteiger partial charge >= 0.3 is 6.18 Å². The van der Waals surface area contributed by atoms with Gasteiger partial charge in [0.05, 0.1) is 21.4 Å². The normalized spacial score (nSPS) is 20.9. The fourth-order valence-corrected chi connectivity index (χ4v) is 6.48. The van der Waals surface area contributed by atoms with E-state index in [9.17, 15) is 31.0 Å². The van der Waals surface area contributed by atoms with E-state index in [4.69, 9.17) is 21.1 Å². The molecule has 1 saturated heterocycles. The number of nitrogens with zero attached hydrogens (tertiary/aromatic N) is 1. The molecule has 2 saturated carbocycles. The van der Waals surface area contributed by atoms with Gasteiger partial charge in [-0.25, -0.2) is 22.2 Å². The van der Waals surface area contributed by atoms with Gasteiger partial charge in [0, 0.05) is 31.3 Å². The largest absolute Gasteiger partial charge is 0.490 e. The average Bonchev–Trinajstić information content (AvgIpc) is 3.79. The number of hydrogen-bond acceptors (Lipinski definition) is 5. The minimum atomic E-state index is -4.69. The second kappa shape index (κ2) is 11.0. The summed E-state index contributed by atoms with van der Waals surface area (Å²) in [6.07, 6.45) is -2.14. The highest BCUT2D eigenvalue weighted by atomic mass is 35.5. The van der Waals surface area contributed by atoms with E-state index in [1.807, 2.05) is 0 Å². The van der Waals surface area contributed by atoms with E-state index < -0.39 is 61.7 Å². The molecule has 3 aliphatic rings. The van der Waals surface area contributed by atoms with Gasteiger partial charge in [-0.2, -0.15) is 13.2 Å². The third-order valence-electron chi connectivity index (χ3n) is 7.66. The number of halogens is 7. The van der Waals surface area contributed by atoms with Gasteiger partial charge in [-0.3, -0.25) is 14.4 Å². The molecule has 1 aliphatic heterocycles. The Balaban J connectivity index is 1.23. The summed E-state index contributed by atoms with van der Waals surface area (Å²) in [5, 5.41) is -1.08. The van der Waals surface area contributed by atoms with Gasteiger partial charge in [-0.05, 0) is 68.2 Å². The molecule has 0 bridgehead atoms. The number of carbonyl (C=O) groups excluding carboxylic acids is 1. The van der Waals surface area contributed by atoms with Crippen LogP contribution >= 0.6 is 11.6 Å². The lowest BCUT2D eigenvalue weighted by Crippen LogP contribution is -2.44. The Bertz CT molecular complexity index is 1450. The van der Waals surface area contributed by atoms with Crippen molar-refractivity contribution in [3.05, 3.63) is 63.2 Å². The molecule has 6 nitrogen and oxygen atoms in total. The van der Waals surface area contributed by atoms with E-state index in [1.54, 1.807) is 4.90 Å². The van der Waals surface area contributed by atoms with Crippen LogP contribution in [0.4, 0.5) is 26.3 Å². The quantitative estimate of drug-likeness (QED) is 0.303. The molecule has 2 aromatic carbocycles. The number of likely N-dealkylation sites (tertiary alicyclic amines) is 1. The van der Waals surface area contributed by atoms with Crippen LogP contribution in [0.2, 0.25) is 5.02 Å². The Morgan fingerprint density at radius 3 is 2.37 bits per heavy atom. The highest BCUT2D eigenvalue weighted by Crippen LogP contribution is 2.46. The number of hydrogen-bond donors (Lipinski definition) is 2. The standard InChI is InChI=1S/C27H28ClF6N3O3S/c28-21-10-17(27(32,33)34)9-16(24(21)30)13-37-7-5-26(31,6-8-37)14-40-23-12-22(29)20(11-19(23)15-1-2-15)25(38)36-41(35,39)18-3-4-18/h9-12,15,18H,1-8,13-14H2,(H2,35,36,38,39). The first kappa shape index (κ1) is 30.0. The van der Waals surface area contributed by atoms with Gasteiger partial charge < -0.3 is 4.74 Å². The van der Waals surface area contributed by atoms with Crippen LogP contribution in [-0.4, -0.2) is 45.6 Å². The number of ether oxygens (including phenoxy) is 1. The molecule has 1 unspecified atom stereocenters. The van der Waals surface area contributed by atoms with Gasteiger partial charge in [-0.15, -0.1) is 0 Å². The molecule has 41 heavy (non-hydrogen) atoms. The Hall–Kier alpha value is -2.51. The van der Waals surface area contributed by atoms with Crippen LogP contribution in [-0.2, 0) is 22.6 Å². The maximum atomic E-state index is 15.7. The lowest BCUT2D eigenvalue weighted by Gasteiger charge is -2.36. The zero-order valence-corrected chi connectivity index (χ0v) is 23.3. The molecule has 2 N–H and O–H groups in total. The number of rotatable bonds is 9. The molecule has 1 amide bonds. The second-order valence-corrected chi connectivity index (χ2v) is 13.5. The van der Waals surface area contributed by atoms with Gasteiger partial charge in [0.25, 0.3) is 5.91 Å². The SMILES string of the molecule is N=S(=O)(NC(=O)c1cc(C2CC2)c(OCC2(F)CCN(Cc3cc(C(F)(F)F)cc(Cl)c3F)CC2)cc1F)C1CC1. The predicted octanol–water partition coefficient (Wildman–Crippen LogP) is 6.75. The first-order valence-electron chi connectivity index (χ1n) is 13.2. The lowest BCUT2D eigenvalue weighted by molar-refractivity contribution is -0.137. The maximum absolute atomic E-state index is 15.7. The summed E-state index contributed by atoms with van der Waals surface area (Å²) in [6, 6.07) is 3.54. The van der Waals surface area contributed by atoms with E-state index in [0.717, 1.165) is 18.9 Å². The molecule has 224 valence electrons. The van der Waals surface area contributed by atoms with E-state index in [1.165, 1.54) is 6.07 Å². The number of nitrogens with one attached hydrogen (secondary N) is 2. The zero-order chi connectivity index (χ0) is 29.7. The van der Waals surface area contributed by atoms with Crippen LogP contribution in [0.1, 0.15) is 71.5 Å². The van der Waals surface area contributed by atoms with Crippen LogP contribution in [0.15, 0.2) is 24.3 Å². The summed E-state index contributed by atoms with van der Waals surface area (Å²) in [6.45, 7) is -0.372. The third-order valence-corrected chi connectivity index (χ3v) is 9.84. The first-order valence-corrected chi connectivity index (χ1v) is 15.2. The second-order valence-electron chi connectivity index (χ2n) is 11.0. The molecular formula is C27H28ClF6N3O3S. The van der Waals surface area contributed by atoms with Gasteiger partial charge in [-0.1, -0.05) is 11.6 Å². The van der Waals surface area contributed by atoms with Crippen LogP contribution in [0.3, 0.4) is 0 Å².